The number of ketones is 1. The molecule has 0 radical (unpaired) electrons. The van der Waals surface area contributed by atoms with Crippen LogP contribution in [0.25, 0.3) is 0 Å². The van der Waals surface area contributed by atoms with E-state index in [1.807, 2.05) is 48.5 Å². The maximum atomic E-state index is 14.5. The number of hydrogen-bond donors (Lipinski definition) is 0. The summed E-state index contributed by atoms with van der Waals surface area (Å²) in [7, 11) is 0. The summed E-state index contributed by atoms with van der Waals surface area (Å²) in [5, 5.41) is 4.42. The first kappa shape index (κ1) is 15.4. The fourth-order valence-corrected chi connectivity index (χ4v) is 3.81. The van der Waals surface area contributed by atoms with Crippen molar-refractivity contribution in [3.8, 4) is 0 Å². The number of alkyl halides is 1. The van der Waals surface area contributed by atoms with Crippen molar-refractivity contribution in [3.63, 3.8) is 0 Å². The fraction of sp³-hybridized carbons (Fsp3) is 0.300. The van der Waals surface area contributed by atoms with E-state index in [9.17, 15) is 9.18 Å². The van der Waals surface area contributed by atoms with E-state index in [4.69, 9.17) is 0 Å². The van der Waals surface area contributed by atoms with E-state index in [-0.39, 0.29) is 23.5 Å². The second kappa shape index (κ2) is 5.56. The summed E-state index contributed by atoms with van der Waals surface area (Å²) >= 11 is 0. The number of aromatic nitrogens is 4. The van der Waals surface area contributed by atoms with Gasteiger partial charge in [-0.1, -0.05) is 36.4 Å². The van der Waals surface area contributed by atoms with Crippen LogP contribution in [0.2, 0.25) is 0 Å². The van der Waals surface area contributed by atoms with Crippen LogP contribution in [0.5, 0.6) is 0 Å². The average Bonchev–Trinajstić information content (AvgIpc) is 3.29. The topological polar surface area (TPSA) is 60.7 Å². The fourth-order valence-electron chi connectivity index (χ4n) is 3.81. The highest BCUT2D eigenvalue weighted by Gasteiger charge is 2.54. The maximum absolute atomic E-state index is 14.5. The third-order valence-electron chi connectivity index (χ3n) is 5.39. The van der Waals surface area contributed by atoms with Crippen LogP contribution in [0.3, 0.4) is 0 Å². The lowest BCUT2D eigenvalue weighted by molar-refractivity contribution is 0.0933. The van der Waals surface area contributed by atoms with Crippen molar-refractivity contribution in [3.05, 3.63) is 77.6 Å². The summed E-state index contributed by atoms with van der Waals surface area (Å²) in [4.78, 5) is 21.7. The molecular weight excluding hydrogens is 331 g/mol. The van der Waals surface area contributed by atoms with Crippen molar-refractivity contribution in [1.82, 2.24) is 19.7 Å². The van der Waals surface area contributed by atoms with E-state index in [1.54, 1.807) is 10.9 Å². The molecule has 26 heavy (non-hydrogen) atoms. The lowest BCUT2D eigenvalue weighted by Gasteiger charge is -2.13. The standard InChI is InChI=1S/C20H17FN4O/c21-14-12-15(13-6-2-1-3-7-13)25-19(14)23-18(24-25)17(26)20(9-10-20)16-8-4-5-11-22-16/h1-8,11,14-15H,9-10,12H2. The Kier molecular flexibility index (Phi) is 3.29. The summed E-state index contributed by atoms with van der Waals surface area (Å²) in [6, 6.07) is 15.0. The van der Waals surface area contributed by atoms with E-state index in [1.165, 1.54) is 0 Å². The van der Waals surface area contributed by atoms with Gasteiger partial charge in [-0.2, -0.15) is 0 Å². The Morgan fingerprint density at radius 1 is 1.12 bits per heavy atom. The number of rotatable bonds is 4. The van der Waals surface area contributed by atoms with Gasteiger partial charge >= 0.3 is 0 Å². The van der Waals surface area contributed by atoms with Gasteiger partial charge in [-0.05, 0) is 30.5 Å². The molecule has 1 fully saturated rings. The molecule has 6 heteroatoms. The van der Waals surface area contributed by atoms with E-state index >= 15 is 0 Å². The van der Waals surface area contributed by atoms with E-state index in [0.29, 0.717) is 6.42 Å². The Labute approximate surface area is 149 Å². The molecule has 0 amide bonds. The van der Waals surface area contributed by atoms with Gasteiger partial charge in [0.05, 0.1) is 17.2 Å². The first-order valence-corrected chi connectivity index (χ1v) is 8.81. The number of halogens is 1. The number of fused-ring (bicyclic) bond motifs is 1. The van der Waals surface area contributed by atoms with Crippen molar-refractivity contribution in [2.24, 2.45) is 0 Å². The Morgan fingerprint density at radius 3 is 2.58 bits per heavy atom. The molecule has 3 aromatic rings. The van der Waals surface area contributed by atoms with E-state index < -0.39 is 11.6 Å². The molecule has 1 aromatic carbocycles. The van der Waals surface area contributed by atoms with Crippen molar-refractivity contribution in [1.29, 1.82) is 0 Å². The minimum Gasteiger partial charge on any atom is -0.289 e. The third kappa shape index (κ3) is 2.21. The molecule has 2 atom stereocenters. The Morgan fingerprint density at radius 2 is 1.88 bits per heavy atom. The second-order valence-corrected chi connectivity index (χ2v) is 6.99. The number of benzene rings is 1. The number of Topliss-reactive ketones (excluding diaryl/α,β-unsaturated/α-hetero) is 1. The summed E-state index contributed by atoms with van der Waals surface area (Å²) in [6.45, 7) is 0. The first-order chi connectivity index (χ1) is 12.7. The average molecular weight is 348 g/mol. The molecule has 0 saturated heterocycles. The van der Waals surface area contributed by atoms with Gasteiger partial charge in [0.1, 0.15) is 0 Å². The molecule has 130 valence electrons. The minimum atomic E-state index is -1.21. The van der Waals surface area contributed by atoms with Crippen LogP contribution in [0, 0.1) is 0 Å². The third-order valence-corrected chi connectivity index (χ3v) is 5.39. The normalized spacial score (nSPS) is 22.8. The zero-order chi connectivity index (χ0) is 17.7. The summed E-state index contributed by atoms with van der Waals surface area (Å²) in [5.41, 5.74) is 1.08. The number of pyridine rings is 1. The molecule has 5 nitrogen and oxygen atoms in total. The molecule has 2 aliphatic rings. The quantitative estimate of drug-likeness (QED) is 0.676. The van der Waals surface area contributed by atoms with E-state index in [2.05, 4.69) is 15.1 Å². The molecule has 1 saturated carbocycles. The zero-order valence-electron chi connectivity index (χ0n) is 14.0. The molecule has 1 aliphatic heterocycles. The van der Waals surface area contributed by atoms with Crippen molar-refractivity contribution >= 4 is 5.78 Å². The number of nitrogens with zero attached hydrogens (tertiary/aromatic N) is 4. The first-order valence-electron chi connectivity index (χ1n) is 8.81. The molecule has 0 bridgehead atoms. The van der Waals surface area contributed by atoms with Gasteiger partial charge in [-0.25, -0.2) is 14.1 Å². The van der Waals surface area contributed by atoms with Gasteiger partial charge in [0.15, 0.2) is 12.0 Å². The molecule has 3 heterocycles. The van der Waals surface area contributed by atoms with Gasteiger partial charge in [0.2, 0.25) is 11.6 Å². The monoisotopic (exact) mass is 348 g/mol. The molecule has 1 aliphatic carbocycles. The van der Waals surface area contributed by atoms with Gasteiger partial charge in [-0.15, -0.1) is 5.10 Å². The predicted molar refractivity (Wildman–Crippen MR) is 92.5 cm³/mol. The minimum absolute atomic E-state index is 0.103. The molecule has 0 N–H and O–H groups in total. The number of hydrogen-bond acceptors (Lipinski definition) is 4. The molecule has 0 spiro atoms. The van der Waals surface area contributed by atoms with Crippen LogP contribution >= 0.6 is 0 Å². The van der Waals surface area contributed by atoms with Crippen LogP contribution in [-0.2, 0) is 5.41 Å². The summed E-state index contributed by atoms with van der Waals surface area (Å²) in [5.74, 6) is 0.197. The maximum Gasteiger partial charge on any atom is 0.218 e. The molecule has 2 unspecified atom stereocenters. The summed E-state index contributed by atoms with van der Waals surface area (Å²) in [6.07, 6.45) is 2.24. The second-order valence-electron chi connectivity index (χ2n) is 6.99. The van der Waals surface area contributed by atoms with Crippen molar-refractivity contribution in [2.45, 2.75) is 36.9 Å². The lowest BCUT2D eigenvalue weighted by atomic mass is 9.95. The highest BCUT2D eigenvalue weighted by Crippen LogP contribution is 2.49. The van der Waals surface area contributed by atoms with Gasteiger partial charge < -0.3 is 0 Å². The van der Waals surface area contributed by atoms with Crippen molar-refractivity contribution in [2.75, 3.05) is 0 Å². The number of carbonyl (C=O) groups excluding carboxylic acids is 1. The smallest absolute Gasteiger partial charge is 0.218 e. The Balaban J connectivity index is 1.51. The van der Waals surface area contributed by atoms with Crippen LogP contribution in [0.1, 0.15) is 59.2 Å². The highest BCUT2D eigenvalue weighted by molar-refractivity contribution is 6.03. The van der Waals surface area contributed by atoms with Gasteiger partial charge in [0, 0.05) is 12.6 Å². The highest BCUT2D eigenvalue weighted by atomic mass is 19.1. The van der Waals surface area contributed by atoms with Gasteiger partial charge in [0.25, 0.3) is 0 Å². The summed E-state index contributed by atoms with van der Waals surface area (Å²) < 4.78 is 16.1. The predicted octanol–water partition coefficient (Wildman–Crippen LogP) is 3.59. The van der Waals surface area contributed by atoms with Crippen LogP contribution in [0.15, 0.2) is 54.7 Å². The van der Waals surface area contributed by atoms with Gasteiger partial charge in [-0.3, -0.25) is 9.78 Å². The molecular formula is C20H17FN4O. The Hall–Kier alpha value is -2.89. The number of carbonyl (C=O) groups is 1. The molecule has 5 rings (SSSR count). The largest absolute Gasteiger partial charge is 0.289 e. The lowest BCUT2D eigenvalue weighted by Crippen LogP contribution is -2.23. The van der Waals surface area contributed by atoms with E-state index in [0.717, 1.165) is 24.1 Å². The van der Waals surface area contributed by atoms with Crippen LogP contribution in [-0.4, -0.2) is 25.5 Å². The Bertz CT molecular complexity index is 966. The van der Waals surface area contributed by atoms with Crippen LogP contribution < -0.4 is 0 Å². The van der Waals surface area contributed by atoms with Crippen LogP contribution in [0.4, 0.5) is 4.39 Å². The molecule has 2 aromatic heterocycles. The zero-order valence-corrected chi connectivity index (χ0v) is 14.0. The van der Waals surface area contributed by atoms with Crippen molar-refractivity contribution < 1.29 is 9.18 Å². The SMILES string of the molecule is O=C(c1nc2n(n1)C(c1ccccc1)CC2F)C1(c2ccccn2)CC1.